The molecule has 1 aromatic carbocycles. The van der Waals surface area contributed by atoms with Gasteiger partial charge in [-0.15, -0.1) is 12.6 Å². The molecule has 1 saturated heterocycles. The average Bonchev–Trinajstić information content (AvgIpc) is 2.08. The van der Waals surface area contributed by atoms with Crippen LogP contribution in [0, 0.1) is 0 Å². The number of hydrogen-bond acceptors (Lipinski definition) is 4. The number of hydrogen-bond donors (Lipinski definition) is 3. The van der Waals surface area contributed by atoms with Gasteiger partial charge >= 0.3 is 5.97 Å². The highest BCUT2D eigenvalue weighted by Crippen LogP contribution is 2.34. The smallest absolute Gasteiger partial charge is 0.318 e. The van der Waals surface area contributed by atoms with Gasteiger partial charge in [-0.05, 0) is 17.7 Å². The van der Waals surface area contributed by atoms with Crippen molar-refractivity contribution in [1.82, 2.24) is 0 Å². The standard InChI is InChI=1S/C10H11NO3S/c11-7-2-1-6(3-8(7)15)10(9(12)13)4-14-5-10/h1-3,15H,4-5,11H2,(H,12,13). The highest BCUT2D eigenvalue weighted by Gasteiger charge is 2.47. The molecule has 3 N–H and O–H groups in total. The van der Waals surface area contributed by atoms with E-state index in [1.807, 2.05) is 0 Å². The van der Waals surface area contributed by atoms with Crippen LogP contribution >= 0.6 is 12.6 Å². The molecule has 1 aromatic rings. The van der Waals surface area contributed by atoms with Gasteiger partial charge in [0.2, 0.25) is 0 Å². The predicted molar refractivity (Wildman–Crippen MR) is 58.2 cm³/mol. The molecular formula is C10H11NO3S. The Morgan fingerprint density at radius 2 is 2.20 bits per heavy atom. The molecule has 0 radical (unpaired) electrons. The first-order chi connectivity index (χ1) is 7.06. The third-order valence-corrected chi connectivity index (χ3v) is 3.08. The Hall–Kier alpha value is -1.20. The first-order valence-electron chi connectivity index (χ1n) is 4.46. The van der Waals surface area contributed by atoms with E-state index in [4.69, 9.17) is 15.6 Å². The lowest BCUT2D eigenvalue weighted by Gasteiger charge is -2.37. The lowest BCUT2D eigenvalue weighted by Crippen LogP contribution is -2.53. The number of rotatable bonds is 2. The van der Waals surface area contributed by atoms with E-state index in [-0.39, 0.29) is 13.2 Å². The van der Waals surface area contributed by atoms with Crippen molar-refractivity contribution >= 4 is 24.3 Å². The maximum Gasteiger partial charge on any atom is 0.318 e. The third kappa shape index (κ3) is 1.48. The summed E-state index contributed by atoms with van der Waals surface area (Å²) in [4.78, 5) is 11.8. The molecule has 0 atom stereocenters. The van der Waals surface area contributed by atoms with Gasteiger partial charge in [0.05, 0.1) is 13.2 Å². The van der Waals surface area contributed by atoms with Crippen LogP contribution in [0.15, 0.2) is 23.1 Å². The Balaban J connectivity index is 2.44. The summed E-state index contributed by atoms with van der Waals surface area (Å²) >= 11 is 4.17. The molecule has 0 amide bonds. The van der Waals surface area contributed by atoms with Crippen LogP contribution in [0.1, 0.15) is 5.56 Å². The lowest BCUT2D eigenvalue weighted by atomic mass is 9.79. The second kappa shape index (κ2) is 3.43. The van der Waals surface area contributed by atoms with Crippen LogP contribution < -0.4 is 5.73 Å². The van der Waals surface area contributed by atoms with Crippen molar-refractivity contribution in [2.45, 2.75) is 10.3 Å². The monoisotopic (exact) mass is 225 g/mol. The van der Waals surface area contributed by atoms with E-state index in [1.165, 1.54) is 0 Å². The fourth-order valence-electron chi connectivity index (χ4n) is 1.56. The van der Waals surface area contributed by atoms with Gasteiger partial charge in [0.25, 0.3) is 0 Å². The van der Waals surface area contributed by atoms with Crippen LogP contribution in [0.2, 0.25) is 0 Å². The van der Waals surface area contributed by atoms with Crippen molar-refractivity contribution in [2.75, 3.05) is 18.9 Å². The molecule has 1 aliphatic rings. The molecule has 0 aromatic heterocycles. The van der Waals surface area contributed by atoms with Crippen LogP contribution in [-0.4, -0.2) is 24.3 Å². The molecule has 80 valence electrons. The van der Waals surface area contributed by atoms with E-state index in [0.717, 1.165) is 0 Å². The molecule has 2 rings (SSSR count). The number of nitrogens with two attached hydrogens (primary N) is 1. The van der Waals surface area contributed by atoms with Crippen molar-refractivity contribution < 1.29 is 14.6 Å². The largest absolute Gasteiger partial charge is 0.480 e. The highest BCUT2D eigenvalue weighted by atomic mass is 32.1. The van der Waals surface area contributed by atoms with Gasteiger partial charge in [-0.25, -0.2) is 0 Å². The third-order valence-electron chi connectivity index (χ3n) is 2.69. The molecule has 0 bridgehead atoms. The summed E-state index contributed by atoms with van der Waals surface area (Å²) in [6.07, 6.45) is 0. The maximum absolute atomic E-state index is 11.2. The number of benzene rings is 1. The number of carboxylic acids is 1. The number of carbonyl (C=O) groups is 1. The van der Waals surface area contributed by atoms with E-state index in [1.54, 1.807) is 18.2 Å². The molecule has 1 aliphatic heterocycles. The molecule has 4 nitrogen and oxygen atoms in total. The molecule has 1 heterocycles. The van der Waals surface area contributed by atoms with Crippen molar-refractivity contribution in [3.8, 4) is 0 Å². The predicted octanol–water partition coefficient (Wildman–Crippen LogP) is 0.910. The molecule has 5 heteroatoms. The summed E-state index contributed by atoms with van der Waals surface area (Å²) in [7, 11) is 0. The first-order valence-corrected chi connectivity index (χ1v) is 4.91. The average molecular weight is 225 g/mol. The Morgan fingerprint density at radius 3 is 2.60 bits per heavy atom. The maximum atomic E-state index is 11.2. The van der Waals surface area contributed by atoms with Crippen LogP contribution in [0.3, 0.4) is 0 Å². The zero-order valence-electron chi connectivity index (χ0n) is 7.93. The van der Waals surface area contributed by atoms with E-state index in [2.05, 4.69) is 12.6 Å². The SMILES string of the molecule is Nc1ccc(C2(C(=O)O)COC2)cc1S. The van der Waals surface area contributed by atoms with Gasteiger partial charge < -0.3 is 15.6 Å². The minimum atomic E-state index is -0.912. The zero-order valence-corrected chi connectivity index (χ0v) is 8.83. The number of ether oxygens (including phenoxy) is 1. The lowest BCUT2D eigenvalue weighted by molar-refractivity contribution is -0.163. The van der Waals surface area contributed by atoms with Gasteiger partial charge in [0.1, 0.15) is 5.41 Å². The van der Waals surface area contributed by atoms with Gasteiger partial charge in [0, 0.05) is 10.6 Å². The Labute approximate surface area is 92.4 Å². The van der Waals surface area contributed by atoms with Gasteiger partial charge in [0.15, 0.2) is 0 Å². The molecular weight excluding hydrogens is 214 g/mol. The highest BCUT2D eigenvalue weighted by molar-refractivity contribution is 7.80. The summed E-state index contributed by atoms with van der Waals surface area (Å²) in [5.74, 6) is -0.869. The summed E-state index contributed by atoms with van der Waals surface area (Å²) in [5, 5.41) is 9.16. The minimum Gasteiger partial charge on any atom is -0.480 e. The minimum absolute atomic E-state index is 0.208. The summed E-state index contributed by atoms with van der Waals surface area (Å²) in [6.45, 7) is 0.416. The normalized spacial score (nSPS) is 18.2. The Bertz CT molecular complexity index is 415. The number of aliphatic carboxylic acids is 1. The van der Waals surface area contributed by atoms with E-state index < -0.39 is 11.4 Å². The Morgan fingerprint density at radius 1 is 1.53 bits per heavy atom. The summed E-state index contributed by atoms with van der Waals surface area (Å²) < 4.78 is 4.99. The Kier molecular flexibility index (Phi) is 2.36. The summed E-state index contributed by atoms with van der Waals surface area (Å²) in [6, 6.07) is 5.07. The topological polar surface area (TPSA) is 72.6 Å². The van der Waals surface area contributed by atoms with E-state index in [9.17, 15) is 4.79 Å². The van der Waals surface area contributed by atoms with Gasteiger partial charge in [-0.3, -0.25) is 4.79 Å². The second-order valence-corrected chi connectivity index (χ2v) is 4.14. The van der Waals surface area contributed by atoms with Gasteiger partial charge in [-0.2, -0.15) is 0 Å². The van der Waals surface area contributed by atoms with Crippen molar-refractivity contribution in [2.24, 2.45) is 0 Å². The van der Waals surface area contributed by atoms with E-state index >= 15 is 0 Å². The van der Waals surface area contributed by atoms with E-state index in [0.29, 0.717) is 16.1 Å². The van der Waals surface area contributed by atoms with Crippen molar-refractivity contribution in [3.63, 3.8) is 0 Å². The number of carboxylic acid groups (broad SMARTS) is 1. The van der Waals surface area contributed by atoms with Crippen LogP contribution in [-0.2, 0) is 14.9 Å². The number of nitrogen functional groups attached to an aromatic ring is 1. The molecule has 1 fully saturated rings. The molecule has 0 spiro atoms. The number of thiol groups is 1. The summed E-state index contributed by atoms with van der Waals surface area (Å²) in [5.41, 5.74) is 5.94. The zero-order chi connectivity index (χ0) is 11.1. The molecule has 0 unspecified atom stereocenters. The second-order valence-electron chi connectivity index (χ2n) is 3.65. The van der Waals surface area contributed by atoms with Crippen LogP contribution in [0.25, 0.3) is 0 Å². The fraction of sp³-hybridized carbons (Fsp3) is 0.300. The van der Waals surface area contributed by atoms with Crippen molar-refractivity contribution in [1.29, 1.82) is 0 Å². The number of anilines is 1. The molecule has 15 heavy (non-hydrogen) atoms. The van der Waals surface area contributed by atoms with Crippen LogP contribution in [0.4, 0.5) is 5.69 Å². The molecule has 0 saturated carbocycles. The fourth-order valence-corrected chi connectivity index (χ4v) is 1.77. The van der Waals surface area contributed by atoms with Crippen LogP contribution in [0.5, 0.6) is 0 Å². The van der Waals surface area contributed by atoms with Crippen molar-refractivity contribution in [3.05, 3.63) is 23.8 Å². The quantitative estimate of drug-likeness (QED) is 0.516. The first kappa shape index (κ1) is 10.3. The van der Waals surface area contributed by atoms with Gasteiger partial charge in [-0.1, -0.05) is 6.07 Å². The molecule has 0 aliphatic carbocycles.